The molecule has 0 saturated heterocycles. The molecular weight excluding hydrogens is 220 g/mol. The predicted octanol–water partition coefficient (Wildman–Crippen LogP) is 4.56. The van der Waals surface area contributed by atoms with E-state index in [0.717, 1.165) is 19.3 Å². The standard InChI is InChI=1S/C12H16F4/c13-11(14)8-4-7-10(12(11,15)16)9-5-2-1-3-6-9/h7,9H,1-6,8H2. The first-order valence-corrected chi connectivity index (χ1v) is 5.91. The summed E-state index contributed by atoms with van der Waals surface area (Å²) in [6.07, 6.45) is 4.77. The van der Waals surface area contributed by atoms with Gasteiger partial charge in [0, 0.05) is 12.0 Å². The second-order valence-electron chi connectivity index (χ2n) is 4.81. The average Bonchev–Trinajstić information content (AvgIpc) is 2.23. The topological polar surface area (TPSA) is 0 Å². The van der Waals surface area contributed by atoms with Crippen LogP contribution in [0.1, 0.15) is 44.9 Å². The van der Waals surface area contributed by atoms with Crippen molar-refractivity contribution in [2.24, 2.45) is 5.92 Å². The van der Waals surface area contributed by atoms with Crippen molar-refractivity contribution in [2.75, 3.05) is 0 Å². The highest BCUT2D eigenvalue weighted by Crippen LogP contribution is 2.50. The fourth-order valence-electron chi connectivity index (χ4n) is 2.74. The fraction of sp³-hybridized carbons (Fsp3) is 0.833. The number of halogens is 4. The van der Waals surface area contributed by atoms with Crippen LogP contribution in [0.2, 0.25) is 0 Å². The Bertz CT molecular complexity index is 287. The summed E-state index contributed by atoms with van der Waals surface area (Å²) in [5.41, 5.74) is -0.288. The van der Waals surface area contributed by atoms with Crippen molar-refractivity contribution in [2.45, 2.75) is 56.8 Å². The van der Waals surface area contributed by atoms with E-state index in [9.17, 15) is 17.6 Å². The summed E-state index contributed by atoms with van der Waals surface area (Å²) in [5, 5.41) is 0. The lowest BCUT2D eigenvalue weighted by Gasteiger charge is -2.37. The van der Waals surface area contributed by atoms with Gasteiger partial charge in [0.2, 0.25) is 0 Å². The first-order chi connectivity index (χ1) is 7.45. The van der Waals surface area contributed by atoms with E-state index in [4.69, 9.17) is 0 Å². The Morgan fingerprint density at radius 2 is 1.62 bits per heavy atom. The summed E-state index contributed by atoms with van der Waals surface area (Å²) in [7, 11) is 0. The monoisotopic (exact) mass is 236 g/mol. The molecule has 16 heavy (non-hydrogen) atoms. The summed E-state index contributed by atoms with van der Waals surface area (Å²) < 4.78 is 53.6. The van der Waals surface area contributed by atoms with E-state index in [0.29, 0.717) is 12.8 Å². The number of allylic oxidation sites excluding steroid dienone is 2. The highest BCUT2D eigenvalue weighted by Gasteiger charge is 2.60. The van der Waals surface area contributed by atoms with Gasteiger partial charge < -0.3 is 0 Å². The summed E-state index contributed by atoms with van der Waals surface area (Å²) in [6, 6.07) is 0. The molecule has 0 aliphatic heterocycles. The molecule has 0 N–H and O–H groups in total. The van der Waals surface area contributed by atoms with Gasteiger partial charge in [-0.15, -0.1) is 0 Å². The molecule has 92 valence electrons. The van der Waals surface area contributed by atoms with Crippen LogP contribution in [-0.2, 0) is 0 Å². The lowest BCUT2D eigenvalue weighted by Crippen LogP contribution is -2.46. The van der Waals surface area contributed by atoms with Gasteiger partial charge in [-0.05, 0) is 25.2 Å². The molecule has 2 aliphatic carbocycles. The molecule has 0 amide bonds. The molecule has 0 nitrogen and oxygen atoms in total. The van der Waals surface area contributed by atoms with Gasteiger partial charge in [-0.1, -0.05) is 25.3 Å². The van der Waals surface area contributed by atoms with Crippen LogP contribution in [0.4, 0.5) is 17.6 Å². The average molecular weight is 236 g/mol. The number of rotatable bonds is 1. The molecule has 0 spiro atoms. The normalized spacial score (nSPS) is 29.9. The third kappa shape index (κ3) is 1.87. The van der Waals surface area contributed by atoms with Gasteiger partial charge in [0.05, 0.1) is 0 Å². The number of hydrogen-bond acceptors (Lipinski definition) is 0. The third-order valence-electron chi connectivity index (χ3n) is 3.69. The van der Waals surface area contributed by atoms with Crippen molar-refractivity contribution in [3.05, 3.63) is 11.6 Å². The van der Waals surface area contributed by atoms with Crippen LogP contribution in [0.25, 0.3) is 0 Å². The minimum atomic E-state index is -3.92. The van der Waals surface area contributed by atoms with E-state index in [1.807, 2.05) is 0 Å². The molecule has 0 heterocycles. The molecule has 1 saturated carbocycles. The zero-order chi connectivity index (χ0) is 11.8. The van der Waals surface area contributed by atoms with Crippen LogP contribution in [0.5, 0.6) is 0 Å². The molecule has 0 aromatic carbocycles. The molecule has 0 aromatic heterocycles. The molecule has 2 rings (SSSR count). The molecule has 4 heteroatoms. The molecule has 1 fully saturated rings. The van der Waals surface area contributed by atoms with Crippen LogP contribution < -0.4 is 0 Å². The van der Waals surface area contributed by atoms with E-state index in [1.54, 1.807) is 0 Å². The van der Waals surface area contributed by atoms with Crippen molar-refractivity contribution in [1.82, 2.24) is 0 Å². The molecular formula is C12H16F4. The molecule has 0 atom stereocenters. The summed E-state index contributed by atoms with van der Waals surface area (Å²) in [6.45, 7) is 0. The molecule has 0 unspecified atom stereocenters. The Labute approximate surface area is 92.7 Å². The second kappa shape index (κ2) is 4.04. The van der Waals surface area contributed by atoms with E-state index in [2.05, 4.69) is 0 Å². The lowest BCUT2D eigenvalue weighted by molar-refractivity contribution is -0.198. The van der Waals surface area contributed by atoms with Crippen LogP contribution in [0, 0.1) is 5.92 Å². The van der Waals surface area contributed by atoms with Crippen molar-refractivity contribution in [3.63, 3.8) is 0 Å². The zero-order valence-electron chi connectivity index (χ0n) is 9.12. The fourth-order valence-corrected chi connectivity index (χ4v) is 2.74. The van der Waals surface area contributed by atoms with Crippen LogP contribution in [0.3, 0.4) is 0 Å². The summed E-state index contributed by atoms with van der Waals surface area (Å²) in [5.74, 6) is -8.10. The van der Waals surface area contributed by atoms with E-state index < -0.39 is 18.3 Å². The van der Waals surface area contributed by atoms with Gasteiger partial charge in [-0.25, -0.2) is 0 Å². The maximum absolute atomic E-state index is 13.6. The minimum absolute atomic E-state index is 0.0778. The van der Waals surface area contributed by atoms with Gasteiger partial charge in [-0.2, -0.15) is 17.6 Å². The van der Waals surface area contributed by atoms with E-state index in [1.165, 1.54) is 6.08 Å². The largest absolute Gasteiger partial charge is 0.331 e. The van der Waals surface area contributed by atoms with Gasteiger partial charge in [-0.3, -0.25) is 0 Å². The van der Waals surface area contributed by atoms with E-state index >= 15 is 0 Å². The molecule has 0 radical (unpaired) electrons. The first-order valence-electron chi connectivity index (χ1n) is 5.91. The van der Waals surface area contributed by atoms with Gasteiger partial charge in [0.25, 0.3) is 0 Å². The lowest BCUT2D eigenvalue weighted by atomic mass is 9.77. The number of hydrogen-bond donors (Lipinski definition) is 0. The van der Waals surface area contributed by atoms with Crippen LogP contribution in [-0.4, -0.2) is 11.8 Å². The minimum Gasteiger partial charge on any atom is -0.199 e. The van der Waals surface area contributed by atoms with Crippen molar-refractivity contribution in [1.29, 1.82) is 0 Å². The third-order valence-corrected chi connectivity index (χ3v) is 3.69. The smallest absolute Gasteiger partial charge is 0.199 e. The molecule has 2 aliphatic rings. The Morgan fingerprint density at radius 1 is 1.00 bits per heavy atom. The Kier molecular flexibility index (Phi) is 3.01. The van der Waals surface area contributed by atoms with E-state index in [-0.39, 0.29) is 17.9 Å². The van der Waals surface area contributed by atoms with Crippen molar-refractivity contribution < 1.29 is 17.6 Å². The van der Waals surface area contributed by atoms with Crippen LogP contribution in [0.15, 0.2) is 11.6 Å². The Balaban J connectivity index is 2.22. The highest BCUT2D eigenvalue weighted by molar-refractivity contribution is 5.24. The predicted molar refractivity (Wildman–Crippen MR) is 53.8 cm³/mol. The first kappa shape index (κ1) is 11.9. The quantitative estimate of drug-likeness (QED) is 0.462. The van der Waals surface area contributed by atoms with Gasteiger partial charge in [0.15, 0.2) is 0 Å². The number of alkyl halides is 4. The van der Waals surface area contributed by atoms with Crippen molar-refractivity contribution >= 4 is 0 Å². The second-order valence-corrected chi connectivity index (χ2v) is 4.81. The zero-order valence-corrected chi connectivity index (χ0v) is 9.12. The maximum atomic E-state index is 13.6. The Morgan fingerprint density at radius 3 is 2.25 bits per heavy atom. The molecule has 0 bridgehead atoms. The highest BCUT2D eigenvalue weighted by atomic mass is 19.3. The molecule has 0 aromatic rings. The van der Waals surface area contributed by atoms with Gasteiger partial charge >= 0.3 is 11.8 Å². The summed E-state index contributed by atoms with van der Waals surface area (Å²) in [4.78, 5) is 0. The maximum Gasteiger partial charge on any atom is 0.331 e. The Hall–Kier alpha value is -0.540. The summed E-state index contributed by atoms with van der Waals surface area (Å²) >= 11 is 0. The van der Waals surface area contributed by atoms with Crippen molar-refractivity contribution in [3.8, 4) is 0 Å². The van der Waals surface area contributed by atoms with Crippen LogP contribution >= 0.6 is 0 Å². The van der Waals surface area contributed by atoms with Gasteiger partial charge in [0.1, 0.15) is 0 Å². The SMILES string of the molecule is FC1(F)CCC=C(C2CCCCC2)C1(F)F.